The van der Waals surface area contributed by atoms with E-state index in [2.05, 4.69) is 5.32 Å². The van der Waals surface area contributed by atoms with Gasteiger partial charge in [-0.1, -0.05) is 0 Å². The number of hydrogen-bond donors (Lipinski definition) is 1. The Balaban J connectivity index is 1.59. The number of hydrogen-bond acceptors (Lipinski definition) is 4. The monoisotopic (exact) mass is 405 g/mol. The van der Waals surface area contributed by atoms with Gasteiger partial charge < -0.3 is 15.0 Å². The number of rotatable bonds is 5. The smallest absolute Gasteiger partial charge is 0.244 e. The molecule has 2 aromatic carbocycles. The van der Waals surface area contributed by atoms with Crippen molar-refractivity contribution in [1.29, 1.82) is 0 Å². The van der Waals surface area contributed by atoms with Gasteiger partial charge in [-0.3, -0.25) is 14.6 Å². The van der Waals surface area contributed by atoms with Gasteiger partial charge in [0.15, 0.2) is 0 Å². The zero-order valence-electron chi connectivity index (χ0n) is 17.7. The van der Waals surface area contributed by atoms with Crippen molar-refractivity contribution in [2.24, 2.45) is 10.9 Å². The Hall–Kier alpha value is -3.15. The lowest BCUT2D eigenvalue weighted by Gasteiger charge is -2.25. The third kappa shape index (κ3) is 3.95. The summed E-state index contributed by atoms with van der Waals surface area (Å²) in [6.45, 7) is 6.52. The van der Waals surface area contributed by atoms with E-state index in [0.29, 0.717) is 18.0 Å². The number of amides is 2. The summed E-state index contributed by atoms with van der Waals surface area (Å²) < 4.78 is 5.44. The molecule has 2 aliphatic rings. The van der Waals surface area contributed by atoms with Crippen LogP contribution in [-0.4, -0.2) is 30.7 Å². The van der Waals surface area contributed by atoms with E-state index in [-0.39, 0.29) is 24.3 Å². The molecule has 2 aromatic rings. The molecule has 156 valence electrons. The van der Waals surface area contributed by atoms with Crippen molar-refractivity contribution in [2.75, 3.05) is 23.4 Å². The van der Waals surface area contributed by atoms with Crippen LogP contribution in [-0.2, 0) is 9.59 Å². The van der Waals surface area contributed by atoms with Crippen molar-refractivity contribution in [2.45, 2.75) is 40.0 Å². The van der Waals surface area contributed by atoms with Crippen LogP contribution in [0.1, 0.15) is 37.3 Å². The first kappa shape index (κ1) is 20.1. The Morgan fingerprint density at radius 3 is 2.67 bits per heavy atom. The molecule has 4 rings (SSSR count). The molecule has 1 atom stereocenters. The zero-order valence-corrected chi connectivity index (χ0v) is 17.7. The number of carbonyl (C=O) groups is 2. The highest BCUT2D eigenvalue weighted by molar-refractivity contribution is 6.16. The minimum absolute atomic E-state index is 0.0323. The quantitative estimate of drug-likeness (QED) is 0.793. The molecule has 6 nitrogen and oxygen atoms in total. The maximum absolute atomic E-state index is 13.3. The molecule has 2 amide bonds. The van der Waals surface area contributed by atoms with Crippen molar-refractivity contribution in [3.8, 4) is 5.75 Å². The number of nitrogens with zero attached hydrogens (tertiary/aromatic N) is 2. The van der Waals surface area contributed by atoms with Crippen LogP contribution in [0.15, 0.2) is 41.4 Å². The fourth-order valence-corrected chi connectivity index (χ4v) is 4.09. The molecule has 1 N–H and O–H groups in total. The fraction of sp³-hybridized carbons (Fsp3) is 0.375. The Bertz CT molecular complexity index is 1010. The number of ether oxygens (including phenoxy) is 1. The van der Waals surface area contributed by atoms with Crippen molar-refractivity contribution in [3.63, 3.8) is 0 Å². The average Bonchev–Trinajstić information content (AvgIpc) is 3.15. The van der Waals surface area contributed by atoms with Crippen LogP contribution in [0.5, 0.6) is 5.75 Å². The van der Waals surface area contributed by atoms with E-state index in [1.165, 1.54) is 0 Å². The second-order valence-corrected chi connectivity index (χ2v) is 7.90. The molecule has 0 saturated heterocycles. The van der Waals surface area contributed by atoms with Crippen LogP contribution in [0.25, 0.3) is 0 Å². The SMILES string of the molecule is CCOc1ccc(NC(=O)CN2C(=O)C3CCCC3=Nc3cc(C)c(C)cc32)cc1. The Kier molecular flexibility index (Phi) is 5.57. The van der Waals surface area contributed by atoms with Gasteiger partial charge in [0.25, 0.3) is 0 Å². The summed E-state index contributed by atoms with van der Waals surface area (Å²) in [7, 11) is 0. The van der Waals surface area contributed by atoms with Gasteiger partial charge in [0.1, 0.15) is 12.3 Å². The third-order valence-corrected chi connectivity index (χ3v) is 5.79. The largest absolute Gasteiger partial charge is 0.494 e. The maximum atomic E-state index is 13.3. The topological polar surface area (TPSA) is 71.0 Å². The van der Waals surface area contributed by atoms with Crippen LogP contribution in [0, 0.1) is 19.8 Å². The van der Waals surface area contributed by atoms with Crippen molar-refractivity contribution in [3.05, 3.63) is 47.5 Å². The van der Waals surface area contributed by atoms with Gasteiger partial charge in [-0.05, 0) is 87.6 Å². The first-order valence-corrected chi connectivity index (χ1v) is 10.5. The lowest BCUT2D eigenvalue weighted by Crippen LogP contribution is -2.41. The number of nitrogens with one attached hydrogen (secondary N) is 1. The molecule has 1 aliphatic carbocycles. The Morgan fingerprint density at radius 2 is 1.93 bits per heavy atom. The van der Waals surface area contributed by atoms with Crippen LogP contribution in [0.2, 0.25) is 0 Å². The Labute approximate surface area is 176 Å². The van der Waals surface area contributed by atoms with E-state index in [0.717, 1.165) is 47.5 Å². The zero-order chi connectivity index (χ0) is 21.3. The average molecular weight is 405 g/mol. The van der Waals surface area contributed by atoms with Crippen LogP contribution >= 0.6 is 0 Å². The summed E-state index contributed by atoms with van der Waals surface area (Å²) in [5.74, 6) is 0.258. The third-order valence-electron chi connectivity index (χ3n) is 5.79. The van der Waals surface area contributed by atoms with Gasteiger partial charge in [-0.15, -0.1) is 0 Å². The first-order chi connectivity index (χ1) is 14.5. The van der Waals surface area contributed by atoms with Gasteiger partial charge >= 0.3 is 0 Å². The van der Waals surface area contributed by atoms with Crippen molar-refractivity contribution < 1.29 is 14.3 Å². The minimum Gasteiger partial charge on any atom is -0.494 e. The number of benzene rings is 2. The number of carbonyl (C=O) groups excluding carboxylic acids is 2. The maximum Gasteiger partial charge on any atom is 0.244 e. The minimum atomic E-state index is -0.238. The summed E-state index contributed by atoms with van der Waals surface area (Å²) in [4.78, 5) is 32.6. The predicted octanol–water partition coefficient (Wildman–Crippen LogP) is 4.56. The molecule has 30 heavy (non-hydrogen) atoms. The summed E-state index contributed by atoms with van der Waals surface area (Å²) >= 11 is 0. The lowest BCUT2D eigenvalue weighted by molar-refractivity contribution is -0.122. The number of fused-ring (bicyclic) bond motifs is 2. The summed E-state index contributed by atoms with van der Waals surface area (Å²) in [5, 5.41) is 2.89. The van der Waals surface area contributed by atoms with E-state index >= 15 is 0 Å². The highest BCUT2D eigenvalue weighted by Gasteiger charge is 2.37. The van der Waals surface area contributed by atoms with E-state index in [1.807, 2.05) is 45.0 Å². The molecule has 1 aliphatic heterocycles. The number of aryl methyl sites for hydroxylation is 2. The van der Waals surface area contributed by atoms with Gasteiger partial charge in [0, 0.05) is 11.4 Å². The standard InChI is InChI=1S/C24H27N3O3/c1-4-30-18-10-8-17(9-11-18)25-23(28)14-27-22-13-16(3)15(2)12-21(22)26-20-7-5-6-19(20)24(27)29/h8-13,19H,4-7,14H2,1-3H3,(H,25,28). The van der Waals surface area contributed by atoms with Gasteiger partial charge in [0.05, 0.1) is 23.9 Å². The van der Waals surface area contributed by atoms with Gasteiger partial charge in [-0.25, -0.2) is 0 Å². The van der Waals surface area contributed by atoms with E-state index in [1.54, 1.807) is 17.0 Å². The summed E-state index contributed by atoms with van der Waals surface area (Å²) in [5.41, 5.74) is 5.31. The van der Waals surface area contributed by atoms with E-state index in [9.17, 15) is 9.59 Å². The molecule has 6 heteroatoms. The van der Waals surface area contributed by atoms with Crippen molar-refractivity contribution >= 4 is 34.6 Å². The summed E-state index contributed by atoms with van der Waals surface area (Å²) in [6.07, 6.45) is 2.59. The second-order valence-electron chi connectivity index (χ2n) is 7.90. The van der Waals surface area contributed by atoms with Crippen LogP contribution in [0.3, 0.4) is 0 Å². The molecule has 1 saturated carbocycles. The molecular weight excluding hydrogens is 378 g/mol. The summed E-state index contributed by atoms with van der Waals surface area (Å²) in [6, 6.07) is 11.2. The molecule has 1 heterocycles. The fourth-order valence-electron chi connectivity index (χ4n) is 4.09. The molecular formula is C24H27N3O3. The molecule has 0 aromatic heterocycles. The van der Waals surface area contributed by atoms with E-state index in [4.69, 9.17) is 9.73 Å². The molecule has 1 fully saturated rings. The molecule has 0 radical (unpaired) electrons. The van der Waals surface area contributed by atoms with Crippen molar-refractivity contribution in [1.82, 2.24) is 0 Å². The van der Waals surface area contributed by atoms with E-state index < -0.39 is 0 Å². The number of anilines is 2. The molecule has 0 bridgehead atoms. The second kappa shape index (κ2) is 8.30. The van der Waals surface area contributed by atoms with Gasteiger partial charge in [0.2, 0.25) is 11.8 Å². The normalized spacial score (nSPS) is 17.7. The number of aliphatic imine (C=N–C) groups is 1. The highest BCUT2D eigenvalue weighted by Crippen LogP contribution is 2.39. The van der Waals surface area contributed by atoms with Gasteiger partial charge in [-0.2, -0.15) is 0 Å². The Morgan fingerprint density at radius 1 is 1.20 bits per heavy atom. The lowest BCUT2D eigenvalue weighted by atomic mass is 10.0. The highest BCUT2D eigenvalue weighted by atomic mass is 16.5. The van der Waals surface area contributed by atoms with Crippen LogP contribution < -0.4 is 15.0 Å². The molecule has 1 unspecified atom stereocenters. The van der Waals surface area contributed by atoms with Crippen LogP contribution in [0.4, 0.5) is 17.1 Å². The predicted molar refractivity (Wildman–Crippen MR) is 119 cm³/mol. The first-order valence-electron chi connectivity index (χ1n) is 10.5. The molecule has 0 spiro atoms.